The van der Waals surface area contributed by atoms with Crippen molar-refractivity contribution in [3.05, 3.63) is 30.3 Å². The molecule has 1 aromatic rings. The predicted molar refractivity (Wildman–Crippen MR) is 65.2 cm³/mol. The van der Waals surface area contributed by atoms with Crippen molar-refractivity contribution < 1.29 is 5.11 Å². The predicted octanol–water partition coefficient (Wildman–Crippen LogP) is 2.67. The molecule has 0 heterocycles. The number of aliphatic hydroxyl groups is 1. The number of nitrogens with zero attached hydrogens (tertiary/aromatic N) is 1. The van der Waals surface area contributed by atoms with Crippen LogP contribution in [-0.4, -0.2) is 24.8 Å². The third kappa shape index (κ3) is 4.34. The molecule has 0 amide bonds. The number of likely N-dealkylation sites (N-methyl/N-ethyl adjacent to an activating group) is 1. The van der Waals surface area contributed by atoms with Crippen LogP contribution >= 0.6 is 0 Å². The van der Waals surface area contributed by atoms with Gasteiger partial charge in [0.05, 0.1) is 6.10 Å². The zero-order chi connectivity index (χ0) is 11.1. The van der Waals surface area contributed by atoms with Crippen molar-refractivity contribution >= 4 is 5.69 Å². The minimum atomic E-state index is -0.213. The quantitative estimate of drug-likeness (QED) is 0.775. The second kappa shape index (κ2) is 6.46. The molecule has 0 radical (unpaired) electrons. The normalized spacial score (nSPS) is 12.5. The molecule has 2 heteroatoms. The lowest BCUT2D eigenvalue weighted by molar-refractivity contribution is 0.168. The van der Waals surface area contributed by atoms with Gasteiger partial charge in [0, 0.05) is 19.3 Å². The largest absolute Gasteiger partial charge is 0.391 e. The van der Waals surface area contributed by atoms with E-state index < -0.39 is 0 Å². The Morgan fingerprint density at radius 1 is 1.27 bits per heavy atom. The minimum absolute atomic E-state index is 0.213. The van der Waals surface area contributed by atoms with E-state index in [4.69, 9.17) is 0 Å². The smallest absolute Gasteiger partial charge is 0.0714 e. The van der Waals surface area contributed by atoms with Gasteiger partial charge in [0.15, 0.2) is 0 Å². The second-order valence-corrected chi connectivity index (χ2v) is 4.01. The monoisotopic (exact) mass is 207 g/mol. The number of unbranched alkanes of at least 4 members (excludes halogenated alkanes) is 1. The summed E-state index contributed by atoms with van der Waals surface area (Å²) in [6.07, 6.45) is 2.93. The first-order valence-electron chi connectivity index (χ1n) is 5.68. The van der Waals surface area contributed by atoms with Gasteiger partial charge in [-0.25, -0.2) is 0 Å². The Bertz CT molecular complexity index is 260. The highest BCUT2D eigenvalue weighted by Gasteiger charge is 2.07. The zero-order valence-corrected chi connectivity index (χ0v) is 9.69. The lowest BCUT2D eigenvalue weighted by Gasteiger charge is -2.22. The number of para-hydroxylation sites is 1. The van der Waals surface area contributed by atoms with Crippen LogP contribution in [0.2, 0.25) is 0 Å². The van der Waals surface area contributed by atoms with Crippen LogP contribution in [0.3, 0.4) is 0 Å². The maximum absolute atomic E-state index is 9.77. The molecule has 15 heavy (non-hydrogen) atoms. The Balaban J connectivity index is 2.38. The van der Waals surface area contributed by atoms with Gasteiger partial charge in [-0.2, -0.15) is 0 Å². The van der Waals surface area contributed by atoms with Gasteiger partial charge >= 0.3 is 0 Å². The molecule has 0 saturated carbocycles. The first-order chi connectivity index (χ1) is 7.24. The summed E-state index contributed by atoms with van der Waals surface area (Å²) in [4.78, 5) is 2.10. The van der Waals surface area contributed by atoms with Gasteiger partial charge in [-0.3, -0.25) is 0 Å². The van der Waals surface area contributed by atoms with E-state index in [0.717, 1.165) is 24.9 Å². The summed E-state index contributed by atoms with van der Waals surface area (Å²) in [5.74, 6) is 0. The van der Waals surface area contributed by atoms with E-state index in [2.05, 4.69) is 24.0 Å². The Morgan fingerprint density at radius 3 is 2.53 bits per heavy atom. The lowest BCUT2D eigenvalue weighted by atomic mass is 10.1. The average molecular weight is 207 g/mol. The SMILES string of the molecule is CCCCC(O)CN(C)c1ccccc1. The van der Waals surface area contributed by atoms with E-state index in [1.165, 1.54) is 0 Å². The Hall–Kier alpha value is -1.02. The molecule has 0 aromatic heterocycles. The third-order valence-electron chi connectivity index (χ3n) is 2.57. The van der Waals surface area contributed by atoms with Crippen LogP contribution in [0.4, 0.5) is 5.69 Å². The molecule has 0 aliphatic heterocycles. The van der Waals surface area contributed by atoms with Crippen LogP contribution < -0.4 is 4.90 Å². The summed E-state index contributed by atoms with van der Waals surface area (Å²) >= 11 is 0. The molecule has 0 aliphatic carbocycles. The fourth-order valence-corrected chi connectivity index (χ4v) is 1.64. The highest BCUT2D eigenvalue weighted by molar-refractivity contribution is 5.45. The van der Waals surface area contributed by atoms with Crippen molar-refractivity contribution in [2.24, 2.45) is 0 Å². The molecule has 0 saturated heterocycles. The summed E-state index contributed by atoms with van der Waals surface area (Å²) in [5, 5.41) is 9.77. The highest BCUT2D eigenvalue weighted by atomic mass is 16.3. The van der Waals surface area contributed by atoms with Crippen molar-refractivity contribution in [2.45, 2.75) is 32.3 Å². The molecule has 0 aliphatic rings. The molecule has 84 valence electrons. The van der Waals surface area contributed by atoms with E-state index in [1.54, 1.807) is 0 Å². The number of rotatable bonds is 6. The van der Waals surface area contributed by atoms with Gasteiger partial charge in [-0.05, 0) is 18.6 Å². The van der Waals surface area contributed by atoms with Crippen LogP contribution in [-0.2, 0) is 0 Å². The third-order valence-corrected chi connectivity index (χ3v) is 2.57. The Kier molecular flexibility index (Phi) is 5.19. The molecule has 2 nitrogen and oxygen atoms in total. The molecule has 0 fully saturated rings. The van der Waals surface area contributed by atoms with E-state index in [-0.39, 0.29) is 6.10 Å². The number of hydrogen-bond acceptors (Lipinski definition) is 2. The van der Waals surface area contributed by atoms with Gasteiger partial charge in [-0.15, -0.1) is 0 Å². The molecular weight excluding hydrogens is 186 g/mol. The van der Waals surface area contributed by atoms with Gasteiger partial charge in [0.25, 0.3) is 0 Å². The molecule has 1 atom stereocenters. The number of anilines is 1. The van der Waals surface area contributed by atoms with Gasteiger partial charge in [0.1, 0.15) is 0 Å². The average Bonchev–Trinajstić information content (AvgIpc) is 2.27. The van der Waals surface area contributed by atoms with Crippen molar-refractivity contribution in [2.75, 3.05) is 18.5 Å². The summed E-state index contributed by atoms with van der Waals surface area (Å²) in [7, 11) is 2.02. The minimum Gasteiger partial charge on any atom is -0.391 e. The van der Waals surface area contributed by atoms with Gasteiger partial charge in [0.2, 0.25) is 0 Å². The van der Waals surface area contributed by atoms with E-state index in [0.29, 0.717) is 6.54 Å². The highest BCUT2D eigenvalue weighted by Crippen LogP contribution is 2.12. The van der Waals surface area contributed by atoms with Crippen molar-refractivity contribution in [3.8, 4) is 0 Å². The van der Waals surface area contributed by atoms with Gasteiger partial charge in [-0.1, -0.05) is 38.0 Å². The van der Waals surface area contributed by atoms with Crippen LogP contribution in [0, 0.1) is 0 Å². The summed E-state index contributed by atoms with van der Waals surface area (Å²) < 4.78 is 0. The standard InChI is InChI=1S/C13H21NO/c1-3-4-10-13(15)11-14(2)12-8-6-5-7-9-12/h5-9,13,15H,3-4,10-11H2,1-2H3. The molecule has 1 rings (SSSR count). The zero-order valence-electron chi connectivity index (χ0n) is 9.69. The molecule has 0 spiro atoms. The first-order valence-corrected chi connectivity index (χ1v) is 5.68. The van der Waals surface area contributed by atoms with Crippen molar-refractivity contribution in [1.82, 2.24) is 0 Å². The molecule has 1 unspecified atom stereocenters. The van der Waals surface area contributed by atoms with E-state index in [1.807, 2.05) is 25.2 Å². The second-order valence-electron chi connectivity index (χ2n) is 4.01. The topological polar surface area (TPSA) is 23.5 Å². The van der Waals surface area contributed by atoms with E-state index in [9.17, 15) is 5.11 Å². The van der Waals surface area contributed by atoms with Crippen LogP contribution in [0.5, 0.6) is 0 Å². The van der Waals surface area contributed by atoms with Crippen LogP contribution in [0.1, 0.15) is 26.2 Å². The Labute approximate surface area is 92.5 Å². The molecular formula is C13H21NO. The maximum Gasteiger partial charge on any atom is 0.0714 e. The lowest BCUT2D eigenvalue weighted by Crippen LogP contribution is -2.28. The fourth-order valence-electron chi connectivity index (χ4n) is 1.64. The molecule has 1 N–H and O–H groups in total. The number of hydrogen-bond donors (Lipinski definition) is 1. The summed E-state index contributed by atoms with van der Waals surface area (Å²) in [6, 6.07) is 10.2. The van der Waals surface area contributed by atoms with Crippen molar-refractivity contribution in [1.29, 1.82) is 0 Å². The summed E-state index contributed by atoms with van der Waals surface area (Å²) in [6.45, 7) is 2.86. The Morgan fingerprint density at radius 2 is 1.93 bits per heavy atom. The van der Waals surface area contributed by atoms with E-state index >= 15 is 0 Å². The fraction of sp³-hybridized carbons (Fsp3) is 0.538. The molecule has 0 bridgehead atoms. The number of benzene rings is 1. The van der Waals surface area contributed by atoms with Gasteiger partial charge < -0.3 is 10.0 Å². The maximum atomic E-state index is 9.77. The van der Waals surface area contributed by atoms with Crippen molar-refractivity contribution in [3.63, 3.8) is 0 Å². The number of aliphatic hydroxyl groups excluding tert-OH is 1. The molecule has 1 aromatic carbocycles. The van der Waals surface area contributed by atoms with Crippen LogP contribution in [0.25, 0.3) is 0 Å². The summed E-state index contributed by atoms with van der Waals surface area (Å²) in [5.41, 5.74) is 1.16. The first kappa shape index (κ1) is 12.1. The van der Waals surface area contributed by atoms with Crippen LogP contribution in [0.15, 0.2) is 30.3 Å².